The van der Waals surface area contributed by atoms with Crippen molar-refractivity contribution in [1.29, 1.82) is 0 Å². The van der Waals surface area contributed by atoms with E-state index in [-0.39, 0.29) is 11.9 Å². The number of carbonyl (C=O) groups excluding carboxylic acids is 3. The fraction of sp³-hybridized carbons (Fsp3) is 0.464. The maximum Gasteiger partial charge on any atom is 0.256 e. The van der Waals surface area contributed by atoms with Gasteiger partial charge in [-0.2, -0.15) is 5.10 Å². The first-order valence-corrected chi connectivity index (χ1v) is 12.4. The van der Waals surface area contributed by atoms with Gasteiger partial charge in [0.1, 0.15) is 19.4 Å². The number of rotatable bonds is 3. The summed E-state index contributed by atoms with van der Waals surface area (Å²) in [6.45, 7) is 16.6. The number of aromatic nitrogens is 3. The van der Waals surface area contributed by atoms with Gasteiger partial charge in [0.2, 0.25) is 0 Å². The Kier molecular flexibility index (Phi) is 12.1. The predicted octanol–water partition coefficient (Wildman–Crippen LogP) is 5.19. The van der Waals surface area contributed by atoms with E-state index in [9.17, 15) is 9.18 Å². The van der Waals surface area contributed by atoms with Crippen LogP contribution in [0.25, 0.3) is 5.65 Å². The van der Waals surface area contributed by atoms with Gasteiger partial charge < -0.3 is 19.4 Å². The number of likely N-dealkylation sites (tertiary alicyclic amines) is 1. The molecule has 0 radical (unpaired) electrons. The molecule has 202 valence electrons. The first-order chi connectivity index (χ1) is 17.7. The molecule has 0 aliphatic carbocycles. The second-order valence-corrected chi connectivity index (χ2v) is 8.77. The van der Waals surface area contributed by atoms with E-state index in [1.807, 2.05) is 89.6 Å². The van der Waals surface area contributed by atoms with Gasteiger partial charge in [0, 0.05) is 38.1 Å². The van der Waals surface area contributed by atoms with Crippen LogP contribution in [0.15, 0.2) is 18.2 Å². The zero-order valence-electron chi connectivity index (χ0n) is 23.4. The molecular formula is C28H40FN5O3. The lowest BCUT2D eigenvalue weighted by atomic mass is 9.97. The fourth-order valence-corrected chi connectivity index (χ4v) is 4.68. The summed E-state index contributed by atoms with van der Waals surface area (Å²) in [5, 5.41) is 4.83. The number of nitrogens with zero attached hydrogens (tertiary/aromatic N) is 5. The summed E-state index contributed by atoms with van der Waals surface area (Å²) >= 11 is 0. The lowest BCUT2D eigenvalue weighted by Crippen LogP contribution is -2.39. The number of fused-ring (bicyclic) bond motifs is 1. The number of halogens is 1. The molecule has 0 spiro atoms. The van der Waals surface area contributed by atoms with E-state index >= 15 is 0 Å². The monoisotopic (exact) mass is 513 g/mol. The molecule has 1 amide bonds. The lowest BCUT2D eigenvalue weighted by molar-refractivity contribution is -0.0987. The number of aryl methyl sites for hydroxylation is 3. The molecular weight excluding hydrogens is 473 g/mol. The summed E-state index contributed by atoms with van der Waals surface area (Å²) < 4.78 is 16.1. The number of amides is 1. The minimum absolute atomic E-state index is 0.148. The van der Waals surface area contributed by atoms with Crippen molar-refractivity contribution in [3.63, 3.8) is 0 Å². The first kappa shape index (κ1) is 31.4. The lowest BCUT2D eigenvalue weighted by Gasteiger charge is -2.35. The van der Waals surface area contributed by atoms with Crippen LogP contribution in [0.2, 0.25) is 0 Å². The molecule has 1 aromatic carbocycles. The summed E-state index contributed by atoms with van der Waals surface area (Å²) in [6, 6.07) is 4.67. The predicted molar refractivity (Wildman–Crippen MR) is 146 cm³/mol. The third-order valence-corrected chi connectivity index (χ3v) is 6.44. The van der Waals surface area contributed by atoms with Crippen molar-refractivity contribution >= 4 is 30.8 Å². The molecule has 8 nitrogen and oxygen atoms in total. The standard InChI is InChI=1S/C24H30FN5O.C2H6.2CH2O/c1-14-11-18(25)12-19(23(14)28(5)6)24(31)29-10-8-7-9-21(29)20-13-22-26-16(3)15(2)17(4)30(22)27-20;3*1-2/h11-13,21H,7-10H2,1-6H3;1-2H3;2*1H2/t21-;;;/m0.../s1. The second kappa shape index (κ2) is 14.2. The average Bonchev–Trinajstić information content (AvgIpc) is 3.33. The molecule has 1 aliphatic heterocycles. The zero-order chi connectivity index (χ0) is 28.4. The minimum atomic E-state index is -0.390. The van der Waals surface area contributed by atoms with E-state index in [4.69, 9.17) is 14.7 Å². The van der Waals surface area contributed by atoms with Crippen molar-refractivity contribution in [3.8, 4) is 0 Å². The van der Waals surface area contributed by atoms with Crippen LogP contribution in [-0.4, -0.2) is 59.6 Å². The molecule has 1 fully saturated rings. The quantitative estimate of drug-likeness (QED) is 0.479. The summed E-state index contributed by atoms with van der Waals surface area (Å²) in [5.74, 6) is -0.538. The van der Waals surface area contributed by atoms with Gasteiger partial charge in [0.05, 0.1) is 23.0 Å². The molecule has 9 heteroatoms. The average molecular weight is 514 g/mol. The third-order valence-electron chi connectivity index (χ3n) is 6.44. The summed E-state index contributed by atoms with van der Waals surface area (Å²) in [6.07, 6.45) is 2.78. The fourth-order valence-electron chi connectivity index (χ4n) is 4.68. The van der Waals surface area contributed by atoms with Gasteiger partial charge >= 0.3 is 0 Å². The molecule has 0 saturated carbocycles. The zero-order valence-corrected chi connectivity index (χ0v) is 23.4. The number of anilines is 1. The van der Waals surface area contributed by atoms with Crippen LogP contribution >= 0.6 is 0 Å². The van der Waals surface area contributed by atoms with E-state index in [2.05, 4.69) is 4.98 Å². The van der Waals surface area contributed by atoms with Crippen molar-refractivity contribution < 1.29 is 18.8 Å². The highest BCUT2D eigenvalue weighted by atomic mass is 19.1. The van der Waals surface area contributed by atoms with Crippen LogP contribution < -0.4 is 4.90 Å². The number of benzene rings is 1. The van der Waals surface area contributed by atoms with E-state index in [0.29, 0.717) is 12.1 Å². The molecule has 1 saturated heterocycles. The van der Waals surface area contributed by atoms with Crippen LogP contribution in [0, 0.1) is 33.5 Å². The molecule has 1 aliphatic rings. The molecule has 3 aromatic rings. The Labute approximate surface area is 219 Å². The highest BCUT2D eigenvalue weighted by molar-refractivity contribution is 6.00. The van der Waals surface area contributed by atoms with Gasteiger partial charge in [-0.3, -0.25) is 4.79 Å². The Bertz CT molecular complexity index is 1210. The van der Waals surface area contributed by atoms with Crippen LogP contribution in [0.4, 0.5) is 10.1 Å². The topological polar surface area (TPSA) is 87.9 Å². The summed E-state index contributed by atoms with van der Waals surface area (Å²) in [5.41, 5.74) is 6.70. The van der Waals surface area contributed by atoms with Crippen LogP contribution in [0.3, 0.4) is 0 Å². The Morgan fingerprint density at radius 2 is 1.65 bits per heavy atom. The van der Waals surface area contributed by atoms with Gasteiger partial charge in [0.15, 0.2) is 5.65 Å². The molecule has 4 rings (SSSR count). The Hall–Kier alpha value is -3.62. The molecule has 0 N–H and O–H groups in total. The highest BCUT2D eigenvalue weighted by Gasteiger charge is 2.32. The Morgan fingerprint density at radius 1 is 1.03 bits per heavy atom. The van der Waals surface area contributed by atoms with Crippen LogP contribution in [0.5, 0.6) is 0 Å². The summed E-state index contributed by atoms with van der Waals surface area (Å²) in [7, 11) is 3.76. The van der Waals surface area contributed by atoms with Crippen molar-refractivity contribution in [2.75, 3.05) is 25.5 Å². The van der Waals surface area contributed by atoms with Gasteiger partial charge in [-0.25, -0.2) is 13.9 Å². The van der Waals surface area contributed by atoms with Crippen molar-refractivity contribution in [1.82, 2.24) is 19.5 Å². The number of hydrogen-bond acceptors (Lipinski definition) is 6. The van der Waals surface area contributed by atoms with Gasteiger partial charge in [-0.1, -0.05) is 13.8 Å². The molecule has 3 heterocycles. The summed E-state index contributed by atoms with van der Waals surface area (Å²) in [4.78, 5) is 38.1. The Morgan fingerprint density at radius 3 is 2.24 bits per heavy atom. The number of carbonyl (C=O) groups is 3. The van der Waals surface area contributed by atoms with E-state index < -0.39 is 5.82 Å². The minimum Gasteiger partial charge on any atom is -0.377 e. The largest absolute Gasteiger partial charge is 0.377 e. The van der Waals surface area contributed by atoms with E-state index in [1.165, 1.54) is 12.1 Å². The van der Waals surface area contributed by atoms with Crippen molar-refractivity contribution in [3.05, 3.63) is 57.8 Å². The SMILES string of the molecule is C=O.C=O.CC.Cc1cc(F)cc(C(=O)N2CCCC[C@H]2c2cc3nc(C)c(C)c(C)n3n2)c1N(C)C. The van der Waals surface area contributed by atoms with Crippen molar-refractivity contribution in [2.24, 2.45) is 0 Å². The normalized spacial score (nSPS) is 14.4. The Balaban J connectivity index is 0.00000106. The second-order valence-electron chi connectivity index (χ2n) is 8.77. The molecule has 1 atom stereocenters. The highest BCUT2D eigenvalue weighted by Crippen LogP contribution is 2.35. The first-order valence-electron chi connectivity index (χ1n) is 12.4. The smallest absolute Gasteiger partial charge is 0.256 e. The molecule has 0 unspecified atom stereocenters. The van der Waals surface area contributed by atoms with Gasteiger partial charge in [-0.05, 0) is 70.2 Å². The number of piperidine rings is 1. The van der Waals surface area contributed by atoms with Crippen LogP contribution in [-0.2, 0) is 9.59 Å². The van der Waals surface area contributed by atoms with Crippen LogP contribution in [0.1, 0.15) is 77.7 Å². The van der Waals surface area contributed by atoms with E-state index in [0.717, 1.165) is 58.8 Å². The van der Waals surface area contributed by atoms with Gasteiger partial charge in [-0.15, -0.1) is 0 Å². The number of hydrogen-bond donors (Lipinski definition) is 0. The third kappa shape index (κ3) is 6.58. The maximum absolute atomic E-state index is 14.3. The maximum atomic E-state index is 14.3. The molecule has 0 bridgehead atoms. The molecule has 37 heavy (non-hydrogen) atoms. The van der Waals surface area contributed by atoms with Crippen molar-refractivity contribution in [2.45, 2.75) is 66.8 Å². The van der Waals surface area contributed by atoms with E-state index in [1.54, 1.807) is 0 Å². The molecule has 2 aromatic heterocycles. The van der Waals surface area contributed by atoms with Gasteiger partial charge in [0.25, 0.3) is 5.91 Å².